The van der Waals surface area contributed by atoms with Crippen molar-refractivity contribution in [2.75, 3.05) is 19.7 Å². The number of piperidine rings is 1. The lowest BCUT2D eigenvalue weighted by Gasteiger charge is -2.49. The third-order valence-electron chi connectivity index (χ3n) is 8.59. The van der Waals surface area contributed by atoms with E-state index in [1.165, 1.54) is 25.7 Å². The van der Waals surface area contributed by atoms with Gasteiger partial charge in [0.25, 0.3) is 0 Å². The SMILES string of the molecule is C[C@H]1CCC[C@]2(C)C[C@H]3OC(=O)[C@@H](CN4CCCC[C@@H]4CO)[C@H]3[C@@H]3O[C@@]132. The number of epoxide rings is 1. The molecule has 0 aromatic rings. The third-order valence-corrected chi connectivity index (χ3v) is 8.59. The van der Waals surface area contributed by atoms with E-state index < -0.39 is 0 Å². The fourth-order valence-electron chi connectivity index (χ4n) is 7.20. The molecule has 3 saturated heterocycles. The average Bonchev–Trinajstić information content (AvgIpc) is 3.30. The van der Waals surface area contributed by atoms with Crippen molar-refractivity contribution in [1.29, 1.82) is 0 Å². The van der Waals surface area contributed by atoms with Crippen LogP contribution in [0.1, 0.15) is 58.8 Å². The number of rotatable bonds is 3. The molecule has 0 amide bonds. The molecule has 0 aromatic heterocycles. The topological polar surface area (TPSA) is 62.3 Å². The number of carbonyl (C=O) groups excluding carboxylic acids is 1. The average molecular weight is 363 g/mol. The number of esters is 1. The van der Waals surface area contributed by atoms with Gasteiger partial charge in [-0.15, -0.1) is 0 Å². The molecule has 5 fully saturated rings. The van der Waals surface area contributed by atoms with Crippen LogP contribution in [0.5, 0.6) is 0 Å². The Bertz CT molecular complexity index is 597. The molecule has 3 aliphatic heterocycles. The lowest BCUT2D eigenvalue weighted by atomic mass is 9.53. The van der Waals surface area contributed by atoms with Gasteiger partial charge in [0.2, 0.25) is 0 Å². The molecule has 26 heavy (non-hydrogen) atoms. The first-order valence-electron chi connectivity index (χ1n) is 10.7. The van der Waals surface area contributed by atoms with Crippen LogP contribution in [0.3, 0.4) is 0 Å². The van der Waals surface area contributed by atoms with Gasteiger partial charge in [-0.2, -0.15) is 0 Å². The second-order valence-corrected chi connectivity index (χ2v) is 9.88. The van der Waals surface area contributed by atoms with Crippen LogP contribution in [0, 0.1) is 23.2 Å². The first-order valence-corrected chi connectivity index (χ1v) is 10.7. The molecule has 1 N–H and O–H groups in total. The molecule has 0 bridgehead atoms. The summed E-state index contributed by atoms with van der Waals surface area (Å²) in [4.78, 5) is 15.1. The summed E-state index contributed by atoms with van der Waals surface area (Å²) in [6.45, 7) is 6.61. The number of fused-ring (bicyclic) bond motifs is 2. The summed E-state index contributed by atoms with van der Waals surface area (Å²) in [5.41, 5.74) is 0.140. The minimum absolute atomic E-state index is 0.0169. The normalized spacial score (nSPS) is 53.4. The minimum Gasteiger partial charge on any atom is -0.462 e. The van der Waals surface area contributed by atoms with Crippen molar-refractivity contribution in [2.24, 2.45) is 23.2 Å². The molecule has 0 radical (unpaired) electrons. The van der Waals surface area contributed by atoms with Crippen molar-refractivity contribution in [3.8, 4) is 0 Å². The molecule has 146 valence electrons. The summed E-state index contributed by atoms with van der Waals surface area (Å²) in [7, 11) is 0. The highest BCUT2D eigenvalue weighted by Crippen LogP contribution is 2.70. The molecule has 1 spiro atoms. The van der Waals surface area contributed by atoms with Gasteiger partial charge in [-0.05, 0) is 44.6 Å². The highest BCUT2D eigenvalue weighted by Gasteiger charge is 2.78. The van der Waals surface area contributed by atoms with Crippen LogP contribution >= 0.6 is 0 Å². The number of aliphatic hydroxyl groups is 1. The highest BCUT2D eigenvalue weighted by atomic mass is 16.6. The Morgan fingerprint density at radius 1 is 1.27 bits per heavy atom. The van der Waals surface area contributed by atoms with Crippen LogP contribution in [0.25, 0.3) is 0 Å². The third kappa shape index (κ3) is 2.23. The van der Waals surface area contributed by atoms with Crippen molar-refractivity contribution in [3.05, 3.63) is 0 Å². The summed E-state index contributed by atoms with van der Waals surface area (Å²) >= 11 is 0. The number of ether oxygens (including phenoxy) is 2. The lowest BCUT2D eigenvalue weighted by molar-refractivity contribution is -0.147. The van der Waals surface area contributed by atoms with Crippen molar-refractivity contribution in [1.82, 2.24) is 4.90 Å². The summed E-state index contributed by atoms with van der Waals surface area (Å²) in [6.07, 6.45) is 8.24. The maximum atomic E-state index is 12.8. The number of carbonyl (C=O) groups is 1. The Kier molecular flexibility index (Phi) is 3.97. The van der Waals surface area contributed by atoms with Crippen molar-refractivity contribution >= 4 is 5.97 Å². The molecule has 2 aliphatic carbocycles. The van der Waals surface area contributed by atoms with Gasteiger partial charge in [0.05, 0.1) is 18.6 Å². The van der Waals surface area contributed by atoms with Crippen LogP contribution < -0.4 is 0 Å². The van der Waals surface area contributed by atoms with Crippen molar-refractivity contribution < 1.29 is 19.4 Å². The Balaban J connectivity index is 1.39. The van der Waals surface area contributed by atoms with Crippen molar-refractivity contribution in [2.45, 2.75) is 82.6 Å². The molecule has 2 saturated carbocycles. The van der Waals surface area contributed by atoms with E-state index in [0.717, 1.165) is 32.4 Å². The summed E-state index contributed by atoms with van der Waals surface area (Å²) < 4.78 is 12.4. The van der Waals surface area contributed by atoms with Gasteiger partial charge in [-0.1, -0.05) is 26.7 Å². The van der Waals surface area contributed by atoms with Crippen LogP contribution in [-0.4, -0.2) is 59.5 Å². The van der Waals surface area contributed by atoms with Crippen molar-refractivity contribution in [3.63, 3.8) is 0 Å². The van der Waals surface area contributed by atoms with E-state index in [2.05, 4.69) is 18.7 Å². The van der Waals surface area contributed by atoms with Gasteiger partial charge in [0, 0.05) is 23.9 Å². The van der Waals surface area contributed by atoms with Gasteiger partial charge >= 0.3 is 5.97 Å². The number of likely N-dealkylation sites (tertiary alicyclic amines) is 1. The molecule has 5 rings (SSSR count). The Morgan fingerprint density at radius 2 is 2.12 bits per heavy atom. The molecule has 0 aromatic carbocycles. The minimum atomic E-state index is -0.0878. The van der Waals surface area contributed by atoms with Gasteiger partial charge in [0.15, 0.2) is 0 Å². The maximum Gasteiger partial charge on any atom is 0.311 e. The fourth-order valence-corrected chi connectivity index (χ4v) is 7.20. The van der Waals surface area contributed by atoms with Gasteiger partial charge in [-0.25, -0.2) is 0 Å². The van der Waals surface area contributed by atoms with E-state index in [0.29, 0.717) is 5.92 Å². The van der Waals surface area contributed by atoms with Gasteiger partial charge < -0.3 is 14.6 Å². The maximum absolute atomic E-state index is 12.8. The van der Waals surface area contributed by atoms with Gasteiger partial charge in [-0.3, -0.25) is 9.69 Å². The van der Waals surface area contributed by atoms with Gasteiger partial charge in [0.1, 0.15) is 11.7 Å². The predicted molar refractivity (Wildman–Crippen MR) is 96.5 cm³/mol. The standard InChI is InChI=1S/C21H33NO4/c1-13-6-5-8-20(2)10-16-17(18-21(13,20)26-18)15(19(24)25-16)11-22-9-4-3-7-14(22)12-23/h13-18,23H,3-12H2,1-2H3/t13-,14+,15-,16+,17+,18-,20+,21-/m0/s1. The predicted octanol–water partition coefficient (Wildman–Crippen LogP) is 2.36. The first-order chi connectivity index (χ1) is 12.5. The molecule has 0 unspecified atom stereocenters. The molecule has 5 heteroatoms. The molecular weight excluding hydrogens is 330 g/mol. The lowest BCUT2D eigenvalue weighted by Crippen LogP contribution is -2.55. The monoisotopic (exact) mass is 363 g/mol. The van der Waals surface area contributed by atoms with Crippen LogP contribution in [0.4, 0.5) is 0 Å². The van der Waals surface area contributed by atoms with E-state index in [9.17, 15) is 9.90 Å². The fraction of sp³-hybridized carbons (Fsp3) is 0.952. The number of hydrogen-bond acceptors (Lipinski definition) is 5. The van der Waals surface area contributed by atoms with Crippen LogP contribution in [0.15, 0.2) is 0 Å². The first kappa shape index (κ1) is 17.4. The zero-order valence-electron chi connectivity index (χ0n) is 16.2. The molecule has 5 nitrogen and oxygen atoms in total. The molecule has 5 aliphatic rings. The zero-order valence-corrected chi connectivity index (χ0v) is 16.2. The second kappa shape index (κ2) is 5.92. The van der Waals surface area contributed by atoms with E-state index in [1.54, 1.807) is 0 Å². The summed E-state index contributed by atoms with van der Waals surface area (Å²) in [5.74, 6) is 0.666. The summed E-state index contributed by atoms with van der Waals surface area (Å²) in [5, 5.41) is 9.73. The van der Waals surface area contributed by atoms with Crippen LogP contribution in [-0.2, 0) is 14.3 Å². The van der Waals surface area contributed by atoms with Crippen LogP contribution in [0.2, 0.25) is 0 Å². The van der Waals surface area contributed by atoms with E-state index in [4.69, 9.17) is 9.47 Å². The van der Waals surface area contributed by atoms with E-state index >= 15 is 0 Å². The Morgan fingerprint density at radius 3 is 2.92 bits per heavy atom. The molecular formula is C21H33NO4. The second-order valence-electron chi connectivity index (χ2n) is 9.88. The van der Waals surface area contributed by atoms with E-state index in [-0.39, 0.29) is 53.7 Å². The van der Waals surface area contributed by atoms with E-state index in [1.807, 2.05) is 0 Å². The molecule has 8 atom stereocenters. The largest absolute Gasteiger partial charge is 0.462 e. The Hall–Kier alpha value is -0.650. The number of nitrogens with zero attached hydrogens (tertiary/aromatic N) is 1. The smallest absolute Gasteiger partial charge is 0.311 e. The molecule has 3 heterocycles. The number of aliphatic hydroxyl groups excluding tert-OH is 1. The highest BCUT2D eigenvalue weighted by molar-refractivity contribution is 5.76. The quantitative estimate of drug-likeness (QED) is 0.616. The Labute approximate surface area is 156 Å². The number of hydrogen-bond donors (Lipinski definition) is 1. The zero-order chi connectivity index (χ0) is 18.1. The summed E-state index contributed by atoms with van der Waals surface area (Å²) in [6, 6.07) is 0.201.